The molecule has 1 aliphatic heterocycles. The quantitative estimate of drug-likeness (QED) is 0.586. The lowest BCUT2D eigenvalue weighted by Crippen LogP contribution is -2.45. The highest BCUT2D eigenvalue weighted by atomic mass is 35.5. The standard InChI is InChI=1S/C19H28ClFN4O/c1-3-22-19(24-14-7-8-14)23-11-17(25-9-10-26-13(2)12-25)18-15(20)5-4-6-16(18)21/h4-6,13-14,17H,3,7-12H2,1-2H3,(H2,22,23,24). The maximum atomic E-state index is 14.6. The molecule has 0 radical (unpaired) electrons. The van der Waals surface area contributed by atoms with E-state index in [0.717, 1.165) is 25.6 Å². The van der Waals surface area contributed by atoms with Gasteiger partial charge in [0.05, 0.1) is 25.3 Å². The van der Waals surface area contributed by atoms with Gasteiger partial charge in [0, 0.05) is 36.3 Å². The van der Waals surface area contributed by atoms with E-state index in [1.165, 1.54) is 18.9 Å². The molecule has 1 heterocycles. The van der Waals surface area contributed by atoms with Gasteiger partial charge in [-0.05, 0) is 38.8 Å². The fraction of sp³-hybridized carbons (Fsp3) is 0.632. The lowest BCUT2D eigenvalue weighted by molar-refractivity contribution is -0.0336. The Morgan fingerprint density at radius 1 is 1.46 bits per heavy atom. The highest BCUT2D eigenvalue weighted by molar-refractivity contribution is 6.31. The Balaban J connectivity index is 1.84. The number of benzene rings is 1. The van der Waals surface area contributed by atoms with Gasteiger partial charge in [-0.15, -0.1) is 0 Å². The van der Waals surface area contributed by atoms with Crippen LogP contribution in [0.4, 0.5) is 4.39 Å². The zero-order chi connectivity index (χ0) is 18.5. The van der Waals surface area contributed by atoms with Crippen LogP contribution in [0.15, 0.2) is 23.2 Å². The van der Waals surface area contributed by atoms with E-state index in [1.807, 2.05) is 13.8 Å². The van der Waals surface area contributed by atoms with Gasteiger partial charge in [-0.25, -0.2) is 4.39 Å². The summed E-state index contributed by atoms with van der Waals surface area (Å²) in [5.74, 6) is 0.505. The number of morpholine rings is 1. The van der Waals surface area contributed by atoms with E-state index >= 15 is 0 Å². The first kappa shape index (κ1) is 19.4. The molecule has 0 aromatic heterocycles. The van der Waals surface area contributed by atoms with Crippen molar-refractivity contribution in [3.05, 3.63) is 34.6 Å². The molecule has 2 aliphatic rings. The molecule has 7 heteroatoms. The first-order valence-electron chi connectivity index (χ1n) is 9.43. The molecule has 0 bridgehead atoms. The predicted octanol–water partition coefficient (Wildman–Crippen LogP) is 2.96. The van der Waals surface area contributed by atoms with Crippen LogP contribution in [0.25, 0.3) is 0 Å². The predicted molar refractivity (Wildman–Crippen MR) is 103 cm³/mol. The molecule has 2 N–H and O–H groups in total. The number of hydrogen-bond acceptors (Lipinski definition) is 3. The van der Waals surface area contributed by atoms with Crippen molar-refractivity contribution < 1.29 is 9.13 Å². The van der Waals surface area contributed by atoms with Gasteiger partial charge in [-0.3, -0.25) is 9.89 Å². The number of hydrogen-bond donors (Lipinski definition) is 2. The number of nitrogens with one attached hydrogen (secondary N) is 2. The molecule has 2 atom stereocenters. The molecule has 26 heavy (non-hydrogen) atoms. The molecule has 1 aliphatic carbocycles. The number of aliphatic imine (C=N–C) groups is 1. The van der Waals surface area contributed by atoms with Crippen molar-refractivity contribution >= 4 is 17.6 Å². The molecule has 144 valence electrons. The largest absolute Gasteiger partial charge is 0.376 e. The van der Waals surface area contributed by atoms with Crippen molar-refractivity contribution in [3.63, 3.8) is 0 Å². The third-order valence-corrected chi connectivity index (χ3v) is 5.06. The second kappa shape index (κ2) is 9.02. The van der Waals surface area contributed by atoms with E-state index in [2.05, 4.69) is 15.5 Å². The van der Waals surface area contributed by atoms with Crippen molar-refractivity contribution in [2.45, 2.75) is 44.9 Å². The summed E-state index contributed by atoms with van der Waals surface area (Å²) in [5, 5.41) is 7.13. The molecule has 2 fully saturated rings. The van der Waals surface area contributed by atoms with Crippen LogP contribution in [0, 0.1) is 5.82 Å². The maximum Gasteiger partial charge on any atom is 0.191 e. The monoisotopic (exact) mass is 382 g/mol. The topological polar surface area (TPSA) is 48.9 Å². The van der Waals surface area contributed by atoms with E-state index in [1.54, 1.807) is 12.1 Å². The van der Waals surface area contributed by atoms with Crippen LogP contribution in [-0.2, 0) is 4.74 Å². The van der Waals surface area contributed by atoms with Crippen LogP contribution in [0.2, 0.25) is 5.02 Å². The Morgan fingerprint density at radius 2 is 2.27 bits per heavy atom. The molecule has 5 nitrogen and oxygen atoms in total. The van der Waals surface area contributed by atoms with Crippen LogP contribution >= 0.6 is 11.6 Å². The van der Waals surface area contributed by atoms with Crippen LogP contribution < -0.4 is 10.6 Å². The van der Waals surface area contributed by atoms with Gasteiger partial charge in [-0.2, -0.15) is 0 Å². The average molecular weight is 383 g/mol. The van der Waals surface area contributed by atoms with Gasteiger partial charge in [0.25, 0.3) is 0 Å². The minimum atomic E-state index is -0.281. The molecular formula is C19H28ClFN4O. The minimum Gasteiger partial charge on any atom is -0.376 e. The zero-order valence-corrected chi connectivity index (χ0v) is 16.2. The smallest absolute Gasteiger partial charge is 0.191 e. The summed E-state index contributed by atoms with van der Waals surface area (Å²) in [4.78, 5) is 6.96. The Labute approximate surface area is 160 Å². The summed E-state index contributed by atoms with van der Waals surface area (Å²) >= 11 is 6.37. The van der Waals surface area contributed by atoms with Crippen LogP contribution in [-0.4, -0.2) is 55.8 Å². The van der Waals surface area contributed by atoms with Gasteiger partial charge in [0.1, 0.15) is 5.82 Å². The van der Waals surface area contributed by atoms with Crippen molar-refractivity contribution in [1.29, 1.82) is 0 Å². The molecular weight excluding hydrogens is 355 g/mol. The van der Waals surface area contributed by atoms with Crippen LogP contribution in [0.3, 0.4) is 0 Å². The number of halogens is 2. The van der Waals surface area contributed by atoms with Gasteiger partial charge < -0.3 is 15.4 Å². The highest BCUT2D eigenvalue weighted by Crippen LogP contribution is 2.31. The molecule has 0 amide bonds. The van der Waals surface area contributed by atoms with Crippen LogP contribution in [0.1, 0.15) is 38.3 Å². The second-order valence-corrected chi connectivity index (χ2v) is 7.37. The van der Waals surface area contributed by atoms with Crippen molar-refractivity contribution in [3.8, 4) is 0 Å². The molecule has 1 saturated carbocycles. The summed E-state index contributed by atoms with van der Waals surface area (Å²) in [6, 6.07) is 5.14. The Hall–Kier alpha value is -1.37. The maximum absolute atomic E-state index is 14.6. The number of nitrogens with zero attached hydrogens (tertiary/aromatic N) is 2. The van der Waals surface area contributed by atoms with Crippen molar-refractivity contribution in [2.75, 3.05) is 32.8 Å². The summed E-state index contributed by atoms with van der Waals surface area (Å²) in [5.41, 5.74) is 0.522. The lowest BCUT2D eigenvalue weighted by atomic mass is 10.0. The summed E-state index contributed by atoms with van der Waals surface area (Å²) in [6.07, 6.45) is 2.46. The molecule has 0 spiro atoms. The van der Waals surface area contributed by atoms with Gasteiger partial charge >= 0.3 is 0 Å². The zero-order valence-electron chi connectivity index (χ0n) is 15.5. The number of guanidine groups is 1. The number of ether oxygens (including phenoxy) is 1. The minimum absolute atomic E-state index is 0.110. The second-order valence-electron chi connectivity index (χ2n) is 6.97. The number of rotatable bonds is 6. The summed E-state index contributed by atoms with van der Waals surface area (Å²) < 4.78 is 20.3. The first-order valence-corrected chi connectivity index (χ1v) is 9.80. The van der Waals surface area contributed by atoms with Gasteiger partial charge in [0.2, 0.25) is 0 Å². The van der Waals surface area contributed by atoms with E-state index in [0.29, 0.717) is 29.8 Å². The third kappa shape index (κ3) is 5.09. The first-order chi connectivity index (χ1) is 12.6. The highest BCUT2D eigenvalue weighted by Gasteiger charge is 2.29. The van der Waals surface area contributed by atoms with E-state index in [-0.39, 0.29) is 18.0 Å². The van der Waals surface area contributed by atoms with E-state index in [9.17, 15) is 4.39 Å². The molecule has 1 aromatic carbocycles. The fourth-order valence-corrected chi connectivity index (χ4v) is 3.55. The fourth-order valence-electron chi connectivity index (χ4n) is 3.27. The van der Waals surface area contributed by atoms with E-state index in [4.69, 9.17) is 21.3 Å². The van der Waals surface area contributed by atoms with Crippen molar-refractivity contribution in [2.24, 2.45) is 4.99 Å². The summed E-state index contributed by atoms with van der Waals surface area (Å²) in [6.45, 7) is 7.41. The van der Waals surface area contributed by atoms with Gasteiger partial charge in [0.15, 0.2) is 5.96 Å². The Kier molecular flexibility index (Phi) is 6.73. The molecule has 2 unspecified atom stereocenters. The average Bonchev–Trinajstić information content (AvgIpc) is 3.41. The SMILES string of the molecule is CCNC(=NCC(c1c(F)cccc1Cl)N1CCOC(C)C1)NC1CC1. The Bertz CT molecular complexity index is 618. The van der Waals surface area contributed by atoms with Crippen LogP contribution in [0.5, 0.6) is 0 Å². The molecule has 1 saturated heterocycles. The Morgan fingerprint density at radius 3 is 2.92 bits per heavy atom. The molecule has 1 aromatic rings. The summed E-state index contributed by atoms with van der Waals surface area (Å²) in [7, 11) is 0. The molecule has 3 rings (SSSR count). The van der Waals surface area contributed by atoms with Gasteiger partial charge in [-0.1, -0.05) is 17.7 Å². The van der Waals surface area contributed by atoms with E-state index < -0.39 is 0 Å². The third-order valence-electron chi connectivity index (χ3n) is 4.73. The van der Waals surface area contributed by atoms with Crippen molar-refractivity contribution in [1.82, 2.24) is 15.5 Å². The normalized spacial score (nSPS) is 22.9. The lowest BCUT2D eigenvalue weighted by Gasteiger charge is -2.37.